The summed E-state index contributed by atoms with van der Waals surface area (Å²) in [6, 6.07) is 8.18. The molecule has 1 atom stereocenters. The number of alkyl halides is 5. The second-order valence-corrected chi connectivity index (χ2v) is 10.9. The molecular formula is C29H29F5N8O2. The van der Waals surface area contributed by atoms with E-state index in [0.717, 1.165) is 50.1 Å². The van der Waals surface area contributed by atoms with Gasteiger partial charge in [-0.3, -0.25) is 4.79 Å². The van der Waals surface area contributed by atoms with Gasteiger partial charge in [-0.1, -0.05) is 12.1 Å². The van der Waals surface area contributed by atoms with E-state index in [1.54, 1.807) is 28.8 Å². The number of nitrogens with zero attached hydrogens (tertiary/aromatic N) is 6. The fourth-order valence-corrected chi connectivity index (χ4v) is 5.27. The number of hydrogen-bond donors (Lipinski definition) is 2. The van der Waals surface area contributed by atoms with Gasteiger partial charge in [-0.25, -0.2) is 28.2 Å². The van der Waals surface area contributed by atoms with Crippen LogP contribution in [0, 0.1) is 5.92 Å². The number of likely N-dealkylation sites (N-methyl/N-ethyl adjacent to an activating group) is 1. The molecule has 1 amide bonds. The number of imidazole rings is 1. The van der Waals surface area contributed by atoms with E-state index in [-0.39, 0.29) is 36.1 Å². The van der Waals surface area contributed by atoms with E-state index >= 15 is 0 Å². The summed E-state index contributed by atoms with van der Waals surface area (Å²) in [6.45, 7) is 1.88. The number of rotatable bonds is 5. The van der Waals surface area contributed by atoms with Gasteiger partial charge in [0.05, 0.1) is 5.56 Å². The van der Waals surface area contributed by atoms with Crippen LogP contribution in [0.2, 0.25) is 0 Å². The maximum atomic E-state index is 12.9. The molecule has 44 heavy (non-hydrogen) atoms. The minimum atomic E-state index is -4.53. The summed E-state index contributed by atoms with van der Waals surface area (Å²) in [7, 11) is 2.07. The van der Waals surface area contributed by atoms with Crippen molar-refractivity contribution in [3.8, 4) is 11.3 Å². The molecule has 0 bridgehead atoms. The van der Waals surface area contributed by atoms with Crippen LogP contribution in [0.25, 0.3) is 16.8 Å². The van der Waals surface area contributed by atoms with Crippen LogP contribution in [-0.4, -0.2) is 67.7 Å². The van der Waals surface area contributed by atoms with Crippen LogP contribution in [0.1, 0.15) is 53.3 Å². The van der Waals surface area contributed by atoms with Crippen LogP contribution >= 0.6 is 0 Å². The number of fused-ring (bicyclic) bond motifs is 1. The standard InChI is InChI=1S/C24H23F3N8O.C5H6F2O/c1-34-10-2-3-16(12-34)22-33-19(20-21(28)30-13-31-35(20)22)14-4-6-15(7-5-14)23(36)32-18-11-17(8-9-29-18)24(25,26)27;6-5(7)1-4(2-5)3-8/h4-9,11,13,16H,2-3,10,12H2,1H3,(H2,28,30,31)(H,29,32,36);3-4H,1-2H2. The van der Waals surface area contributed by atoms with Crippen molar-refractivity contribution in [1.29, 1.82) is 0 Å². The lowest BCUT2D eigenvalue weighted by atomic mass is 9.83. The number of aldehydes is 1. The van der Waals surface area contributed by atoms with Crippen molar-refractivity contribution in [3.05, 3.63) is 65.9 Å². The van der Waals surface area contributed by atoms with E-state index in [1.807, 2.05) is 0 Å². The van der Waals surface area contributed by atoms with Gasteiger partial charge in [0.2, 0.25) is 5.92 Å². The van der Waals surface area contributed by atoms with Crippen LogP contribution in [0.5, 0.6) is 0 Å². The molecule has 1 saturated heterocycles. The van der Waals surface area contributed by atoms with Gasteiger partial charge in [0.1, 0.15) is 35.5 Å². The second-order valence-electron chi connectivity index (χ2n) is 10.9. The summed E-state index contributed by atoms with van der Waals surface area (Å²) in [5, 5.41) is 6.80. The number of nitrogen functional groups attached to an aromatic ring is 1. The number of carbonyl (C=O) groups excluding carboxylic acids is 2. The van der Waals surface area contributed by atoms with Crippen LogP contribution < -0.4 is 11.1 Å². The number of carbonyl (C=O) groups is 2. The number of aromatic nitrogens is 5. The lowest BCUT2D eigenvalue weighted by Gasteiger charge is -2.30. The fraction of sp³-hybridized carbons (Fsp3) is 0.379. The Morgan fingerprint density at radius 1 is 1.14 bits per heavy atom. The first-order valence-corrected chi connectivity index (χ1v) is 13.8. The molecule has 3 aromatic heterocycles. The number of benzene rings is 1. The van der Waals surface area contributed by atoms with Gasteiger partial charge in [-0.15, -0.1) is 0 Å². The molecule has 1 aliphatic carbocycles. The predicted octanol–water partition coefficient (Wildman–Crippen LogP) is 5.08. The van der Waals surface area contributed by atoms with E-state index < -0.39 is 23.6 Å². The first-order chi connectivity index (χ1) is 20.8. The third-order valence-corrected chi connectivity index (χ3v) is 7.54. The summed E-state index contributed by atoms with van der Waals surface area (Å²) in [6.07, 6.45) is 0.0177. The Morgan fingerprint density at radius 3 is 2.48 bits per heavy atom. The average molecular weight is 617 g/mol. The van der Waals surface area contributed by atoms with Crippen molar-refractivity contribution in [3.63, 3.8) is 0 Å². The molecule has 0 spiro atoms. The van der Waals surface area contributed by atoms with Gasteiger partial charge >= 0.3 is 6.18 Å². The highest BCUT2D eigenvalue weighted by Gasteiger charge is 2.44. The number of halogens is 5. The number of piperidine rings is 1. The van der Waals surface area contributed by atoms with Gasteiger partial charge in [0, 0.05) is 48.5 Å². The van der Waals surface area contributed by atoms with Crippen molar-refractivity contribution in [2.24, 2.45) is 5.92 Å². The summed E-state index contributed by atoms with van der Waals surface area (Å²) in [4.78, 5) is 37.5. The fourth-order valence-electron chi connectivity index (χ4n) is 5.27. The van der Waals surface area contributed by atoms with Crippen LogP contribution in [-0.2, 0) is 11.0 Å². The highest BCUT2D eigenvalue weighted by atomic mass is 19.4. The summed E-state index contributed by atoms with van der Waals surface area (Å²) in [5.74, 6) is -2.40. The molecule has 3 N–H and O–H groups in total. The molecular weight excluding hydrogens is 587 g/mol. The third-order valence-electron chi connectivity index (χ3n) is 7.54. The normalized spacial score (nSPS) is 18.6. The summed E-state index contributed by atoms with van der Waals surface area (Å²) in [5.41, 5.74) is 7.45. The molecule has 15 heteroatoms. The molecule has 4 heterocycles. The largest absolute Gasteiger partial charge is 0.416 e. The molecule has 2 fully saturated rings. The Kier molecular flexibility index (Phi) is 8.59. The Hall–Kier alpha value is -4.53. The van der Waals surface area contributed by atoms with Crippen LogP contribution in [0.4, 0.5) is 33.6 Å². The highest BCUT2D eigenvalue weighted by Crippen LogP contribution is 2.41. The second kappa shape index (κ2) is 12.2. The van der Waals surface area contributed by atoms with Crippen molar-refractivity contribution in [2.75, 3.05) is 31.2 Å². The predicted molar refractivity (Wildman–Crippen MR) is 151 cm³/mol. The average Bonchev–Trinajstić information content (AvgIpc) is 3.37. The van der Waals surface area contributed by atoms with Gasteiger partial charge < -0.3 is 20.7 Å². The SMILES string of the molecule is CN1CCCC(c2nc(-c3ccc(C(=O)Nc4cc(C(F)(F)F)ccn4)cc3)c3c(N)ncnn23)C1.O=CC1CC(F)(F)C1. The topological polar surface area (TPSA) is 131 Å². The van der Waals surface area contributed by atoms with Crippen LogP contribution in [0.3, 0.4) is 0 Å². The number of nitrogens with one attached hydrogen (secondary N) is 1. The highest BCUT2D eigenvalue weighted by molar-refractivity contribution is 6.04. The summed E-state index contributed by atoms with van der Waals surface area (Å²) >= 11 is 0. The van der Waals surface area contributed by atoms with E-state index in [9.17, 15) is 31.5 Å². The molecule has 1 unspecified atom stereocenters. The minimum Gasteiger partial charge on any atom is -0.382 e. The smallest absolute Gasteiger partial charge is 0.382 e. The van der Waals surface area contributed by atoms with E-state index in [4.69, 9.17) is 10.7 Å². The monoisotopic (exact) mass is 616 g/mol. The van der Waals surface area contributed by atoms with Gasteiger partial charge in [0.15, 0.2) is 5.82 Å². The number of anilines is 2. The third kappa shape index (κ3) is 6.82. The molecule has 10 nitrogen and oxygen atoms in total. The Balaban J connectivity index is 0.000000418. The minimum absolute atomic E-state index is 0.185. The Labute approximate surface area is 248 Å². The van der Waals surface area contributed by atoms with Crippen molar-refractivity contribution in [2.45, 2.75) is 43.7 Å². The lowest BCUT2D eigenvalue weighted by Crippen LogP contribution is -2.35. The van der Waals surface area contributed by atoms with Gasteiger partial charge in [-0.2, -0.15) is 18.3 Å². The van der Waals surface area contributed by atoms with Gasteiger partial charge in [0.25, 0.3) is 5.91 Å². The zero-order valence-electron chi connectivity index (χ0n) is 23.6. The first-order valence-electron chi connectivity index (χ1n) is 13.8. The number of amides is 1. The van der Waals surface area contributed by atoms with E-state index in [0.29, 0.717) is 28.9 Å². The van der Waals surface area contributed by atoms with Crippen molar-refractivity contribution >= 4 is 29.3 Å². The maximum Gasteiger partial charge on any atom is 0.416 e. The molecule has 232 valence electrons. The Morgan fingerprint density at radius 2 is 1.86 bits per heavy atom. The number of pyridine rings is 1. The van der Waals surface area contributed by atoms with E-state index in [1.165, 1.54) is 6.33 Å². The zero-order valence-corrected chi connectivity index (χ0v) is 23.6. The lowest BCUT2D eigenvalue weighted by molar-refractivity contribution is -0.137. The quantitative estimate of drug-likeness (QED) is 0.235. The number of nitrogens with two attached hydrogens (primary N) is 1. The molecule has 1 saturated carbocycles. The zero-order chi connectivity index (χ0) is 31.6. The van der Waals surface area contributed by atoms with Crippen molar-refractivity contribution in [1.82, 2.24) is 29.5 Å². The number of likely N-dealkylation sites (tertiary alicyclic amines) is 1. The molecule has 0 radical (unpaired) electrons. The maximum absolute atomic E-state index is 12.9. The Bertz CT molecular complexity index is 1650. The summed E-state index contributed by atoms with van der Waals surface area (Å²) < 4.78 is 64.2. The molecule has 6 rings (SSSR count). The molecule has 1 aliphatic heterocycles. The molecule has 1 aromatic carbocycles. The number of hydrogen-bond acceptors (Lipinski definition) is 8. The molecule has 4 aromatic rings. The van der Waals surface area contributed by atoms with Crippen LogP contribution in [0.15, 0.2) is 48.9 Å². The molecule has 2 aliphatic rings. The first kappa shape index (κ1) is 30.9. The van der Waals surface area contributed by atoms with E-state index in [2.05, 4.69) is 32.3 Å². The van der Waals surface area contributed by atoms with Crippen molar-refractivity contribution < 1.29 is 31.5 Å². The van der Waals surface area contributed by atoms with Gasteiger partial charge in [-0.05, 0) is 50.7 Å².